The van der Waals surface area contributed by atoms with Gasteiger partial charge in [0.25, 0.3) is 0 Å². The molecule has 0 aliphatic carbocycles. The minimum atomic E-state index is -0.543. The Morgan fingerprint density at radius 1 is 0.880 bits per heavy atom. The van der Waals surface area contributed by atoms with Gasteiger partial charge in [0, 0.05) is 5.57 Å². The fourth-order valence-corrected chi connectivity index (χ4v) is 2.42. The van der Waals surface area contributed by atoms with Gasteiger partial charge in [-0.3, -0.25) is 4.79 Å². The number of amides is 1. The van der Waals surface area contributed by atoms with Crippen LogP contribution in [0.5, 0.6) is 23.0 Å². The molecule has 25 heavy (non-hydrogen) atoms. The molecule has 2 aromatic carbocycles. The van der Waals surface area contributed by atoms with Crippen molar-refractivity contribution in [2.24, 2.45) is 5.73 Å². The molecule has 0 bridgehead atoms. The second-order valence-electron chi connectivity index (χ2n) is 5.11. The zero-order chi connectivity index (χ0) is 18.4. The van der Waals surface area contributed by atoms with E-state index in [2.05, 4.69) is 0 Å². The zero-order valence-electron chi connectivity index (χ0n) is 14.7. The molecule has 0 heterocycles. The Kier molecular flexibility index (Phi) is 5.89. The molecule has 0 saturated carbocycles. The van der Waals surface area contributed by atoms with E-state index < -0.39 is 5.91 Å². The summed E-state index contributed by atoms with van der Waals surface area (Å²) in [6.45, 7) is 0. The standard InChI is InChI=1S/C19H21NO5/c1-22-14-7-5-13(6-8-14)15(19(20)21)9-12-10-16(23-2)18(25-4)17(11-12)24-3/h5-11H,1-4H3,(H2,20,21). The molecule has 2 N–H and O–H groups in total. The van der Waals surface area contributed by atoms with Gasteiger partial charge < -0.3 is 24.7 Å². The van der Waals surface area contributed by atoms with E-state index in [1.807, 2.05) is 0 Å². The Morgan fingerprint density at radius 3 is 1.84 bits per heavy atom. The fraction of sp³-hybridized carbons (Fsp3) is 0.211. The van der Waals surface area contributed by atoms with Crippen molar-refractivity contribution in [2.75, 3.05) is 28.4 Å². The molecular formula is C19H21NO5. The lowest BCUT2D eigenvalue weighted by atomic mass is 10.0. The first kappa shape index (κ1) is 18.2. The number of carbonyl (C=O) groups excluding carboxylic acids is 1. The summed E-state index contributed by atoms with van der Waals surface area (Å²) in [5, 5.41) is 0. The van der Waals surface area contributed by atoms with Gasteiger partial charge in [0.2, 0.25) is 11.7 Å². The van der Waals surface area contributed by atoms with Crippen LogP contribution >= 0.6 is 0 Å². The van der Waals surface area contributed by atoms with Crippen molar-refractivity contribution >= 4 is 17.6 Å². The van der Waals surface area contributed by atoms with E-state index in [0.717, 1.165) is 0 Å². The summed E-state index contributed by atoms with van der Waals surface area (Å²) in [5.41, 5.74) is 7.29. The van der Waals surface area contributed by atoms with E-state index in [0.29, 0.717) is 39.7 Å². The largest absolute Gasteiger partial charge is 0.497 e. The van der Waals surface area contributed by atoms with Crippen molar-refractivity contribution < 1.29 is 23.7 Å². The van der Waals surface area contributed by atoms with Crippen molar-refractivity contribution in [3.05, 3.63) is 47.5 Å². The summed E-state index contributed by atoms with van der Waals surface area (Å²) in [6.07, 6.45) is 1.68. The van der Waals surface area contributed by atoms with Crippen LogP contribution in [0.1, 0.15) is 11.1 Å². The van der Waals surface area contributed by atoms with Gasteiger partial charge in [0.15, 0.2) is 11.5 Å². The van der Waals surface area contributed by atoms with Gasteiger partial charge in [-0.25, -0.2) is 0 Å². The predicted octanol–water partition coefficient (Wildman–Crippen LogP) is 2.75. The van der Waals surface area contributed by atoms with Gasteiger partial charge in [-0.05, 0) is 41.5 Å². The summed E-state index contributed by atoms with van der Waals surface area (Å²) >= 11 is 0. The maximum atomic E-state index is 11.9. The Bertz CT molecular complexity index is 756. The number of carbonyl (C=O) groups is 1. The number of nitrogens with two attached hydrogens (primary N) is 1. The third-order valence-corrected chi connectivity index (χ3v) is 3.66. The number of methoxy groups -OCH3 is 4. The molecule has 0 radical (unpaired) electrons. The average molecular weight is 343 g/mol. The zero-order valence-corrected chi connectivity index (χ0v) is 14.7. The van der Waals surface area contributed by atoms with Crippen molar-refractivity contribution in [3.8, 4) is 23.0 Å². The first-order valence-electron chi connectivity index (χ1n) is 7.50. The van der Waals surface area contributed by atoms with E-state index in [1.54, 1.807) is 49.6 Å². The molecule has 1 amide bonds. The Hall–Kier alpha value is -3.15. The molecule has 6 heteroatoms. The molecule has 0 atom stereocenters. The molecule has 6 nitrogen and oxygen atoms in total. The number of benzene rings is 2. The second-order valence-corrected chi connectivity index (χ2v) is 5.11. The van der Waals surface area contributed by atoms with Gasteiger partial charge in [0.05, 0.1) is 28.4 Å². The lowest BCUT2D eigenvalue weighted by molar-refractivity contribution is -0.112. The van der Waals surface area contributed by atoms with Crippen LogP contribution in [0.4, 0.5) is 0 Å². The molecule has 0 aliphatic heterocycles. The molecule has 132 valence electrons. The maximum Gasteiger partial charge on any atom is 0.249 e. The van der Waals surface area contributed by atoms with Crippen LogP contribution in [0, 0.1) is 0 Å². The molecule has 0 saturated heterocycles. The van der Waals surface area contributed by atoms with Gasteiger partial charge >= 0.3 is 0 Å². The minimum absolute atomic E-state index is 0.358. The van der Waals surface area contributed by atoms with Crippen LogP contribution < -0.4 is 24.7 Å². The van der Waals surface area contributed by atoms with Gasteiger partial charge in [0.1, 0.15) is 5.75 Å². The normalized spacial score (nSPS) is 11.0. The Morgan fingerprint density at radius 2 is 1.44 bits per heavy atom. The smallest absolute Gasteiger partial charge is 0.249 e. The number of hydrogen-bond acceptors (Lipinski definition) is 5. The predicted molar refractivity (Wildman–Crippen MR) is 96.2 cm³/mol. The topological polar surface area (TPSA) is 80.0 Å². The number of primary amides is 1. The number of rotatable bonds is 7. The summed E-state index contributed by atoms with van der Waals surface area (Å²) in [4.78, 5) is 11.9. The maximum absolute atomic E-state index is 11.9. The van der Waals surface area contributed by atoms with E-state index in [9.17, 15) is 4.79 Å². The quantitative estimate of drug-likeness (QED) is 0.618. The van der Waals surface area contributed by atoms with Crippen molar-refractivity contribution in [2.45, 2.75) is 0 Å². The monoisotopic (exact) mass is 343 g/mol. The van der Waals surface area contributed by atoms with E-state index in [-0.39, 0.29) is 0 Å². The molecule has 0 aromatic heterocycles. The first-order chi connectivity index (χ1) is 12.0. The van der Waals surface area contributed by atoms with Crippen LogP contribution in [-0.2, 0) is 4.79 Å². The molecule has 0 unspecified atom stereocenters. The molecule has 0 aliphatic rings. The average Bonchev–Trinajstić information content (AvgIpc) is 2.64. The second kappa shape index (κ2) is 8.10. The van der Waals surface area contributed by atoms with Gasteiger partial charge in [-0.1, -0.05) is 12.1 Å². The molecule has 2 aromatic rings. The highest BCUT2D eigenvalue weighted by Gasteiger charge is 2.14. The number of hydrogen-bond donors (Lipinski definition) is 1. The van der Waals surface area contributed by atoms with E-state index in [1.165, 1.54) is 21.3 Å². The SMILES string of the molecule is COc1ccc(C(=Cc2cc(OC)c(OC)c(OC)c2)C(N)=O)cc1. The van der Waals surface area contributed by atoms with Crippen LogP contribution in [0.15, 0.2) is 36.4 Å². The van der Waals surface area contributed by atoms with Gasteiger partial charge in [-0.2, -0.15) is 0 Å². The van der Waals surface area contributed by atoms with E-state index in [4.69, 9.17) is 24.7 Å². The molecule has 2 rings (SSSR count). The lowest BCUT2D eigenvalue weighted by Gasteiger charge is -2.13. The Balaban J connectivity index is 2.54. The van der Waals surface area contributed by atoms with Crippen LogP contribution in [0.25, 0.3) is 11.6 Å². The van der Waals surface area contributed by atoms with Crippen LogP contribution in [0.2, 0.25) is 0 Å². The van der Waals surface area contributed by atoms with E-state index >= 15 is 0 Å². The highest BCUT2D eigenvalue weighted by Crippen LogP contribution is 2.39. The lowest BCUT2D eigenvalue weighted by Crippen LogP contribution is -2.12. The number of ether oxygens (including phenoxy) is 4. The highest BCUT2D eigenvalue weighted by molar-refractivity contribution is 6.23. The third kappa shape index (κ3) is 4.03. The Labute approximate surface area is 146 Å². The van der Waals surface area contributed by atoms with Crippen molar-refractivity contribution in [3.63, 3.8) is 0 Å². The first-order valence-corrected chi connectivity index (χ1v) is 7.50. The fourth-order valence-electron chi connectivity index (χ4n) is 2.42. The summed E-state index contributed by atoms with van der Waals surface area (Å²) < 4.78 is 21.1. The summed E-state index contributed by atoms with van der Waals surface area (Å²) in [5.74, 6) is 1.62. The molecule has 0 fully saturated rings. The van der Waals surface area contributed by atoms with Crippen LogP contribution in [-0.4, -0.2) is 34.3 Å². The van der Waals surface area contributed by atoms with Gasteiger partial charge in [-0.15, -0.1) is 0 Å². The summed E-state index contributed by atoms with van der Waals surface area (Å²) in [6, 6.07) is 10.6. The molecule has 0 spiro atoms. The molecular weight excluding hydrogens is 322 g/mol. The van der Waals surface area contributed by atoms with Crippen LogP contribution in [0.3, 0.4) is 0 Å². The summed E-state index contributed by atoms with van der Waals surface area (Å²) in [7, 11) is 6.17. The highest BCUT2D eigenvalue weighted by atomic mass is 16.5. The van der Waals surface area contributed by atoms with Crippen molar-refractivity contribution in [1.29, 1.82) is 0 Å². The minimum Gasteiger partial charge on any atom is -0.497 e. The van der Waals surface area contributed by atoms with Crippen molar-refractivity contribution in [1.82, 2.24) is 0 Å². The third-order valence-electron chi connectivity index (χ3n) is 3.66.